The molecule has 19 heavy (non-hydrogen) atoms. The zero-order valence-corrected chi connectivity index (χ0v) is 11.3. The van der Waals surface area contributed by atoms with E-state index in [4.69, 9.17) is 0 Å². The average molecular weight is 264 g/mol. The molecule has 1 fully saturated rings. The van der Waals surface area contributed by atoms with Gasteiger partial charge in [0.15, 0.2) is 0 Å². The molecule has 1 aromatic heterocycles. The molecule has 0 bridgehead atoms. The first-order valence-electron chi connectivity index (χ1n) is 6.66. The Balaban J connectivity index is 1.82. The summed E-state index contributed by atoms with van der Waals surface area (Å²) in [6.45, 7) is 5.11. The largest absolute Gasteiger partial charge is 0.353 e. The highest BCUT2D eigenvalue weighted by molar-refractivity contribution is 5.93. The molecular formula is C13H20N4O2. The van der Waals surface area contributed by atoms with E-state index in [0.29, 0.717) is 18.7 Å². The molecule has 6 nitrogen and oxygen atoms in total. The van der Waals surface area contributed by atoms with Crippen LogP contribution in [0.25, 0.3) is 0 Å². The molecule has 0 unspecified atom stereocenters. The van der Waals surface area contributed by atoms with E-state index in [-0.39, 0.29) is 23.8 Å². The van der Waals surface area contributed by atoms with Gasteiger partial charge in [0.1, 0.15) is 0 Å². The molecule has 0 radical (unpaired) electrons. The maximum absolute atomic E-state index is 12.1. The second-order valence-electron chi connectivity index (χ2n) is 5.22. The molecule has 6 heteroatoms. The van der Waals surface area contributed by atoms with E-state index >= 15 is 0 Å². The second kappa shape index (κ2) is 5.86. The van der Waals surface area contributed by atoms with E-state index in [2.05, 4.69) is 15.5 Å². The van der Waals surface area contributed by atoms with Crippen molar-refractivity contribution in [2.45, 2.75) is 32.7 Å². The van der Waals surface area contributed by atoms with Crippen molar-refractivity contribution in [1.82, 2.24) is 20.4 Å². The second-order valence-corrected chi connectivity index (χ2v) is 5.22. The predicted molar refractivity (Wildman–Crippen MR) is 70.5 cm³/mol. The van der Waals surface area contributed by atoms with Crippen molar-refractivity contribution >= 4 is 11.8 Å². The minimum absolute atomic E-state index is 0.00221. The summed E-state index contributed by atoms with van der Waals surface area (Å²) in [5.74, 6) is 0.0904. The minimum Gasteiger partial charge on any atom is -0.353 e. The number of aromatic nitrogens is 2. The van der Waals surface area contributed by atoms with E-state index in [0.717, 1.165) is 12.8 Å². The van der Waals surface area contributed by atoms with Gasteiger partial charge in [-0.2, -0.15) is 5.10 Å². The molecule has 0 aliphatic carbocycles. The molecule has 0 atom stereocenters. The first kappa shape index (κ1) is 13.6. The van der Waals surface area contributed by atoms with E-state index < -0.39 is 0 Å². The van der Waals surface area contributed by atoms with Crippen LogP contribution in [0.5, 0.6) is 0 Å². The number of piperidine rings is 1. The minimum atomic E-state index is 0.00221. The molecule has 2 rings (SSSR count). The van der Waals surface area contributed by atoms with Crippen LogP contribution >= 0.6 is 0 Å². The van der Waals surface area contributed by atoms with Crippen molar-refractivity contribution in [3.63, 3.8) is 0 Å². The molecule has 0 aromatic carbocycles. The Morgan fingerprint density at radius 3 is 2.63 bits per heavy atom. The van der Waals surface area contributed by atoms with Gasteiger partial charge in [-0.3, -0.25) is 14.7 Å². The van der Waals surface area contributed by atoms with Gasteiger partial charge in [0.2, 0.25) is 5.91 Å². The molecule has 104 valence electrons. The number of nitrogens with one attached hydrogen (secondary N) is 2. The number of rotatable bonds is 3. The van der Waals surface area contributed by atoms with Crippen LogP contribution in [0.2, 0.25) is 0 Å². The monoisotopic (exact) mass is 264 g/mol. The zero-order chi connectivity index (χ0) is 13.8. The van der Waals surface area contributed by atoms with Crippen LogP contribution in [0, 0.1) is 5.92 Å². The van der Waals surface area contributed by atoms with Gasteiger partial charge in [-0.25, -0.2) is 0 Å². The molecule has 0 saturated carbocycles. The van der Waals surface area contributed by atoms with Gasteiger partial charge in [-0.15, -0.1) is 0 Å². The number of likely N-dealkylation sites (tertiary alicyclic amines) is 1. The molecule has 0 spiro atoms. The third-order valence-corrected chi connectivity index (χ3v) is 3.40. The van der Waals surface area contributed by atoms with Crippen molar-refractivity contribution in [3.8, 4) is 0 Å². The Morgan fingerprint density at radius 2 is 2.11 bits per heavy atom. The molecule has 2 heterocycles. The van der Waals surface area contributed by atoms with E-state index in [1.165, 1.54) is 6.20 Å². The first-order valence-corrected chi connectivity index (χ1v) is 6.66. The normalized spacial score (nSPS) is 16.7. The lowest BCUT2D eigenvalue weighted by Gasteiger charge is -2.32. The molecule has 1 aliphatic rings. The number of H-pyrrole nitrogens is 1. The Kier molecular flexibility index (Phi) is 4.19. The number of nitrogens with zero attached hydrogens (tertiary/aromatic N) is 2. The molecule has 1 saturated heterocycles. The molecule has 1 aliphatic heterocycles. The van der Waals surface area contributed by atoms with Crippen LogP contribution in [-0.2, 0) is 4.79 Å². The van der Waals surface area contributed by atoms with Crippen molar-refractivity contribution in [3.05, 3.63) is 18.0 Å². The lowest BCUT2D eigenvalue weighted by atomic mass is 10.0. The molecular weight excluding hydrogens is 244 g/mol. The third kappa shape index (κ3) is 3.33. The van der Waals surface area contributed by atoms with Crippen molar-refractivity contribution in [2.75, 3.05) is 13.1 Å². The van der Waals surface area contributed by atoms with Crippen LogP contribution in [-0.4, -0.2) is 46.0 Å². The van der Waals surface area contributed by atoms with Crippen molar-refractivity contribution in [1.29, 1.82) is 0 Å². The third-order valence-electron chi connectivity index (χ3n) is 3.40. The standard InChI is InChI=1S/C13H20N4O2/c1-9(2)12(18)16-11-3-5-17(6-4-11)13(19)10-7-14-15-8-10/h7-9,11H,3-6H2,1-2H3,(H,14,15)(H,16,18). The topological polar surface area (TPSA) is 78.1 Å². The summed E-state index contributed by atoms with van der Waals surface area (Å²) in [5, 5.41) is 9.44. The summed E-state index contributed by atoms with van der Waals surface area (Å²) < 4.78 is 0. The number of carbonyl (C=O) groups excluding carboxylic acids is 2. The van der Waals surface area contributed by atoms with Gasteiger partial charge < -0.3 is 10.2 Å². The number of hydrogen-bond acceptors (Lipinski definition) is 3. The van der Waals surface area contributed by atoms with Gasteiger partial charge in [-0.05, 0) is 12.8 Å². The molecule has 2 amide bonds. The molecule has 1 aromatic rings. The van der Waals surface area contributed by atoms with E-state index in [9.17, 15) is 9.59 Å². The van der Waals surface area contributed by atoms with E-state index in [1.807, 2.05) is 18.7 Å². The highest BCUT2D eigenvalue weighted by Crippen LogP contribution is 2.13. The maximum atomic E-state index is 12.1. The Morgan fingerprint density at radius 1 is 1.42 bits per heavy atom. The van der Waals surface area contributed by atoms with Crippen LogP contribution in [0.1, 0.15) is 37.0 Å². The highest BCUT2D eigenvalue weighted by atomic mass is 16.2. The smallest absolute Gasteiger partial charge is 0.257 e. The number of aromatic amines is 1. The fourth-order valence-electron chi connectivity index (χ4n) is 2.15. The van der Waals surface area contributed by atoms with Crippen LogP contribution in [0.15, 0.2) is 12.4 Å². The average Bonchev–Trinajstić information content (AvgIpc) is 2.92. The van der Waals surface area contributed by atoms with E-state index in [1.54, 1.807) is 6.20 Å². The predicted octanol–water partition coefficient (Wildman–Crippen LogP) is 0.786. The Hall–Kier alpha value is -1.85. The maximum Gasteiger partial charge on any atom is 0.257 e. The van der Waals surface area contributed by atoms with Gasteiger partial charge in [-0.1, -0.05) is 13.8 Å². The SMILES string of the molecule is CC(C)C(=O)NC1CCN(C(=O)c2cn[nH]c2)CC1. The number of amides is 2. The Labute approximate surface area is 112 Å². The lowest BCUT2D eigenvalue weighted by Crippen LogP contribution is -2.47. The quantitative estimate of drug-likeness (QED) is 0.847. The summed E-state index contributed by atoms with van der Waals surface area (Å²) >= 11 is 0. The summed E-state index contributed by atoms with van der Waals surface area (Å²) in [7, 11) is 0. The summed E-state index contributed by atoms with van der Waals surface area (Å²) in [6, 6.07) is 0.184. The van der Waals surface area contributed by atoms with Gasteiger partial charge in [0, 0.05) is 31.2 Å². The fraction of sp³-hybridized carbons (Fsp3) is 0.615. The fourth-order valence-corrected chi connectivity index (χ4v) is 2.15. The van der Waals surface area contributed by atoms with Crippen LogP contribution < -0.4 is 5.32 Å². The van der Waals surface area contributed by atoms with Gasteiger partial charge in [0.25, 0.3) is 5.91 Å². The Bertz CT molecular complexity index is 434. The zero-order valence-electron chi connectivity index (χ0n) is 11.3. The van der Waals surface area contributed by atoms with Gasteiger partial charge in [0.05, 0.1) is 11.8 Å². The summed E-state index contributed by atoms with van der Waals surface area (Å²) in [6.07, 6.45) is 4.76. The van der Waals surface area contributed by atoms with Gasteiger partial charge >= 0.3 is 0 Å². The van der Waals surface area contributed by atoms with Crippen LogP contribution in [0.3, 0.4) is 0 Å². The number of hydrogen-bond donors (Lipinski definition) is 2. The highest BCUT2D eigenvalue weighted by Gasteiger charge is 2.25. The summed E-state index contributed by atoms with van der Waals surface area (Å²) in [4.78, 5) is 25.5. The summed E-state index contributed by atoms with van der Waals surface area (Å²) in [5.41, 5.74) is 0.588. The number of carbonyl (C=O) groups is 2. The van der Waals surface area contributed by atoms with Crippen molar-refractivity contribution < 1.29 is 9.59 Å². The lowest BCUT2D eigenvalue weighted by molar-refractivity contribution is -0.124. The van der Waals surface area contributed by atoms with Crippen LogP contribution in [0.4, 0.5) is 0 Å². The van der Waals surface area contributed by atoms with Crippen molar-refractivity contribution in [2.24, 2.45) is 5.92 Å². The molecule has 2 N–H and O–H groups in total. The first-order chi connectivity index (χ1) is 9.08.